The molecule has 1 unspecified atom stereocenters. The number of hydrogen-bond acceptors (Lipinski definition) is 7. The number of hydrogen-bond donors (Lipinski definition) is 2. The van der Waals surface area contributed by atoms with E-state index in [9.17, 15) is 9.90 Å². The summed E-state index contributed by atoms with van der Waals surface area (Å²) in [5.74, 6) is 0.256. The lowest BCUT2D eigenvalue weighted by Gasteiger charge is -2.54. The predicted octanol–water partition coefficient (Wildman–Crippen LogP) is 1.93. The van der Waals surface area contributed by atoms with Crippen LogP contribution < -0.4 is 10.1 Å². The van der Waals surface area contributed by atoms with Crippen molar-refractivity contribution in [2.45, 2.75) is 43.5 Å². The zero-order valence-corrected chi connectivity index (χ0v) is 15.8. The number of nitrogens with one attached hydrogen (secondary N) is 1. The average Bonchev–Trinajstić information content (AvgIpc) is 2.68. The van der Waals surface area contributed by atoms with Crippen LogP contribution in [0.1, 0.15) is 37.9 Å². The molecule has 1 spiro atoms. The third kappa shape index (κ3) is 3.28. The van der Waals surface area contributed by atoms with Crippen LogP contribution in [0.2, 0.25) is 0 Å². The Bertz CT molecular complexity index is 716. The maximum atomic E-state index is 11.8. The largest absolute Gasteiger partial charge is 0.504 e. The van der Waals surface area contributed by atoms with Crippen LogP contribution in [0.4, 0.5) is 0 Å². The number of benzene rings is 1. The van der Waals surface area contributed by atoms with Gasteiger partial charge in [0.1, 0.15) is 11.2 Å². The van der Waals surface area contributed by atoms with E-state index in [2.05, 4.69) is 5.32 Å². The molecule has 0 amide bonds. The Labute approximate surface area is 158 Å². The van der Waals surface area contributed by atoms with Gasteiger partial charge < -0.3 is 29.4 Å². The minimum Gasteiger partial charge on any atom is -0.504 e. The second-order valence-corrected chi connectivity index (χ2v) is 7.94. The minimum atomic E-state index is -0.682. The third-order valence-electron chi connectivity index (χ3n) is 6.12. The van der Waals surface area contributed by atoms with Gasteiger partial charge in [0.2, 0.25) is 0 Å². The summed E-state index contributed by atoms with van der Waals surface area (Å²) in [6, 6.07) is 5.35. The number of methoxy groups -OCH3 is 1. The molecule has 3 aliphatic heterocycles. The van der Waals surface area contributed by atoms with Gasteiger partial charge in [-0.05, 0) is 25.8 Å². The van der Waals surface area contributed by atoms with E-state index in [0.29, 0.717) is 25.4 Å². The number of morpholine rings is 1. The Kier molecular flexibility index (Phi) is 4.78. The first-order valence-corrected chi connectivity index (χ1v) is 9.50. The molecule has 7 heteroatoms. The van der Waals surface area contributed by atoms with Crippen molar-refractivity contribution in [2.75, 3.05) is 33.4 Å². The summed E-state index contributed by atoms with van der Waals surface area (Å²) >= 11 is 0. The molecule has 1 aromatic rings. The molecule has 0 saturated carbocycles. The summed E-state index contributed by atoms with van der Waals surface area (Å²) in [7, 11) is 1.39. The van der Waals surface area contributed by atoms with Crippen molar-refractivity contribution in [2.24, 2.45) is 5.92 Å². The molecule has 0 aromatic heterocycles. The number of rotatable bonds is 3. The predicted molar refractivity (Wildman–Crippen MR) is 96.7 cm³/mol. The molecule has 2 N–H and O–H groups in total. The lowest BCUT2D eigenvalue weighted by molar-refractivity contribution is -0.220. The molecule has 27 heavy (non-hydrogen) atoms. The van der Waals surface area contributed by atoms with Crippen molar-refractivity contribution in [3.63, 3.8) is 0 Å². The van der Waals surface area contributed by atoms with Crippen LogP contribution in [0.15, 0.2) is 18.2 Å². The molecule has 4 atom stereocenters. The zero-order chi connectivity index (χ0) is 19.1. The number of para-hydroxylation sites is 1. The first-order chi connectivity index (χ1) is 13.0. The van der Waals surface area contributed by atoms with E-state index in [4.69, 9.17) is 18.9 Å². The van der Waals surface area contributed by atoms with Crippen molar-refractivity contribution in [3.05, 3.63) is 23.8 Å². The molecule has 148 valence electrons. The number of fused-ring (bicyclic) bond motifs is 3. The van der Waals surface area contributed by atoms with E-state index < -0.39 is 5.60 Å². The SMILES string of the molecule is COC(=O)CC[C@@]1(C)Oc2c(O)cccc2[C@H]2OCC3(CNCCO3)C[C@@H]21. The quantitative estimate of drug-likeness (QED) is 0.779. The van der Waals surface area contributed by atoms with Crippen LogP contribution in [-0.2, 0) is 19.0 Å². The molecule has 3 heterocycles. The molecule has 4 rings (SSSR count). The van der Waals surface area contributed by atoms with Gasteiger partial charge in [0, 0.05) is 31.0 Å². The molecule has 0 aliphatic carbocycles. The van der Waals surface area contributed by atoms with E-state index in [1.807, 2.05) is 13.0 Å². The van der Waals surface area contributed by atoms with E-state index in [-0.39, 0.29) is 35.8 Å². The number of ether oxygens (including phenoxy) is 4. The highest BCUT2D eigenvalue weighted by Crippen LogP contribution is 2.55. The summed E-state index contributed by atoms with van der Waals surface area (Å²) in [5, 5.41) is 13.7. The van der Waals surface area contributed by atoms with Crippen molar-refractivity contribution >= 4 is 5.97 Å². The van der Waals surface area contributed by atoms with Gasteiger partial charge in [-0.15, -0.1) is 0 Å². The second kappa shape index (κ2) is 6.96. The van der Waals surface area contributed by atoms with Gasteiger partial charge in [-0.3, -0.25) is 4.79 Å². The maximum Gasteiger partial charge on any atom is 0.305 e. The third-order valence-corrected chi connectivity index (χ3v) is 6.12. The van der Waals surface area contributed by atoms with Gasteiger partial charge in [0.25, 0.3) is 0 Å². The fourth-order valence-corrected chi connectivity index (χ4v) is 4.57. The van der Waals surface area contributed by atoms with Gasteiger partial charge in [0.15, 0.2) is 11.5 Å². The van der Waals surface area contributed by atoms with Crippen LogP contribution >= 0.6 is 0 Å². The Morgan fingerprint density at radius 1 is 1.44 bits per heavy atom. The van der Waals surface area contributed by atoms with Crippen molar-refractivity contribution in [1.82, 2.24) is 5.32 Å². The molecule has 0 bridgehead atoms. The van der Waals surface area contributed by atoms with E-state index in [1.54, 1.807) is 12.1 Å². The average molecular weight is 377 g/mol. The van der Waals surface area contributed by atoms with Gasteiger partial charge in [-0.1, -0.05) is 12.1 Å². The standard InChI is InChI=1S/C20H27NO6/c1-19(7-6-16(23)24-2)14-10-20(11-21-8-9-26-20)12-25-17(14)13-4-3-5-15(22)18(13)27-19/h3-5,14,17,21-22H,6-12H2,1-2H3/t14-,17+,19+,20?/m0/s1. The Morgan fingerprint density at radius 3 is 3.04 bits per heavy atom. The van der Waals surface area contributed by atoms with E-state index in [1.165, 1.54) is 7.11 Å². The number of carbonyl (C=O) groups is 1. The normalized spacial score (nSPS) is 35.0. The van der Waals surface area contributed by atoms with Gasteiger partial charge in [-0.2, -0.15) is 0 Å². The van der Waals surface area contributed by atoms with E-state index >= 15 is 0 Å². The highest BCUT2D eigenvalue weighted by atomic mass is 16.6. The summed E-state index contributed by atoms with van der Waals surface area (Å²) in [4.78, 5) is 11.8. The molecule has 7 nitrogen and oxygen atoms in total. The first-order valence-electron chi connectivity index (χ1n) is 9.50. The summed E-state index contributed by atoms with van der Waals surface area (Å²) in [6.07, 6.45) is 1.27. The van der Waals surface area contributed by atoms with Gasteiger partial charge >= 0.3 is 5.97 Å². The zero-order valence-electron chi connectivity index (χ0n) is 15.8. The van der Waals surface area contributed by atoms with Crippen molar-refractivity contribution in [3.8, 4) is 11.5 Å². The van der Waals surface area contributed by atoms with Crippen LogP contribution in [0.25, 0.3) is 0 Å². The highest BCUT2D eigenvalue weighted by Gasteiger charge is 2.55. The monoisotopic (exact) mass is 377 g/mol. The van der Waals surface area contributed by atoms with Crippen LogP contribution in [-0.4, -0.2) is 55.7 Å². The molecule has 2 fully saturated rings. The molecule has 1 aromatic carbocycles. The fraction of sp³-hybridized carbons (Fsp3) is 0.650. The molecular formula is C20H27NO6. The van der Waals surface area contributed by atoms with Crippen LogP contribution in [0.5, 0.6) is 11.5 Å². The fourth-order valence-electron chi connectivity index (χ4n) is 4.57. The maximum absolute atomic E-state index is 11.8. The van der Waals surface area contributed by atoms with Crippen LogP contribution in [0.3, 0.4) is 0 Å². The molecule has 0 radical (unpaired) electrons. The molecule has 2 saturated heterocycles. The van der Waals surface area contributed by atoms with Gasteiger partial charge in [-0.25, -0.2) is 0 Å². The summed E-state index contributed by atoms with van der Waals surface area (Å²) < 4.78 is 23.6. The number of phenolic OH excluding ortho intramolecular Hbond substituents is 1. The van der Waals surface area contributed by atoms with Gasteiger partial charge in [0.05, 0.1) is 26.4 Å². The number of phenols is 1. The molecule has 3 aliphatic rings. The highest BCUT2D eigenvalue weighted by molar-refractivity contribution is 5.69. The first kappa shape index (κ1) is 18.5. The second-order valence-electron chi connectivity index (χ2n) is 7.94. The number of esters is 1. The smallest absolute Gasteiger partial charge is 0.305 e. The summed E-state index contributed by atoms with van der Waals surface area (Å²) in [5.41, 5.74) is -0.211. The lowest BCUT2D eigenvalue weighted by atomic mass is 9.69. The number of carbonyl (C=O) groups excluding carboxylic acids is 1. The minimum absolute atomic E-state index is 0.00916. The molecular weight excluding hydrogens is 350 g/mol. The van der Waals surface area contributed by atoms with Crippen LogP contribution in [0, 0.1) is 5.92 Å². The van der Waals surface area contributed by atoms with Crippen molar-refractivity contribution < 1.29 is 28.8 Å². The Morgan fingerprint density at radius 2 is 2.30 bits per heavy atom. The lowest BCUT2D eigenvalue weighted by Crippen LogP contribution is -2.61. The van der Waals surface area contributed by atoms with E-state index in [0.717, 1.165) is 25.1 Å². The van der Waals surface area contributed by atoms with Crippen molar-refractivity contribution in [1.29, 1.82) is 0 Å². The number of aromatic hydroxyl groups is 1. The Hall–Kier alpha value is -1.83. The Balaban J connectivity index is 1.68. The summed E-state index contributed by atoms with van der Waals surface area (Å²) in [6.45, 7) is 4.70. The topological polar surface area (TPSA) is 86.3 Å².